The van der Waals surface area contributed by atoms with Crippen molar-refractivity contribution in [3.8, 4) is 6.07 Å². The van der Waals surface area contributed by atoms with E-state index in [-0.39, 0.29) is 0 Å². The Bertz CT molecular complexity index is 416. The highest BCUT2D eigenvalue weighted by Gasteiger charge is 2.14. The zero-order valence-electron chi connectivity index (χ0n) is 9.95. The molecule has 0 radical (unpaired) electrons. The van der Waals surface area contributed by atoms with Gasteiger partial charge in [-0.1, -0.05) is 25.7 Å². The lowest BCUT2D eigenvalue weighted by Gasteiger charge is -2.10. The lowest BCUT2D eigenvalue weighted by molar-refractivity contribution is 0.518. The normalized spacial score (nSPS) is 15.7. The van der Waals surface area contributed by atoms with E-state index in [0.717, 1.165) is 18.3 Å². The van der Waals surface area contributed by atoms with Gasteiger partial charge in [0.25, 0.3) is 0 Å². The molecule has 90 valence electrons. The Morgan fingerprint density at radius 1 is 1.41 bits per heavy atom. The van der Waals surface area contributed by atoms with Gasteiger partial charge in [-0.3, -0.25) is 0 Å². The van der Waals surface area contributed by atoms with Crippen LogP contribution in [0, 0.1) is 17.2 Å². The van der Waals surface area contributed by atoms with Gasteiger partial charge in [0, 0.05) is 6.54 Å². The summed E-state index contributed by atoms with van der Waals surface area (Å²) in [7, 11) is 0. The van der Waals surface area contributed by atoms with Crippen LogP contribution in [0.3, 0.4) is 0 Å². The molecule has 0 aliphatic heterocycles. The molecule has 1 aromatic heterocycles. The number of rotatable bonds is 4. The van der Waals surface area contributed by atoms with Crippen LogP contribution >= 0.6 is 0 Å². The van der Waals surface area contributed by atoms with Gasteiger partial charge in [0.1, 0.15) is 11.9 Å². The number of nitrogens with zero attached hydrogens (tertiary/aromatic N) is 2. The van der Waals surface area contributed by atoms with Crippen molar-refractivity contribution in [3.63, 3.8) is 0 Å². The molecule has 0 spiro atoms. The van der Waals surface area contributed by atoms with Crippen LogP contribution < -0.4 is 11.1 Å². The predicted molar refractivity (Wildman–Crippen MR) is 68.4 cm³/mol. The Balaban J connectivity index is 1.84. The third-order valence-corrected chi connectivity index (χ3v) is 3.37. The molecule has 1 saturated carbocycles. The topological polar surface area (TPSA) is 74.7 Å². The summed E-state index contributed by atoms with van der Waals surface area (Å²) < 4.78 is 0. The molecule has 1 heterocycles. The number of nitriles is 1. The summed E-state index contributed by atoms with van der Waals surface area (Å²) in [5.74, 6) is 1.61. The molecular weight excluding hydrogens is 212 g/mol. The molecule has 1 aliphatic rings. The highest BCUT2D eigenvalue weighted by molar-refractivity contribution is 5.54. The minimum absolute atomic E-state index is 0.302. The fourth-order valence-electron chi connectivity index (χ4n) is 2.36. The monoisotopic (exact) mass is 230 g/mol. The Labute approximate surface area is 102 Å². The molecule has 4 heteroatoms. The van der Waals surface area contributed by atoms with E-state index in [9.17, 15) is 0 Å². The van der Waals surface area contributed by atoms with Crippen molar-refractivity contribution in [1.82, 2.24) is 4.98 Å². The van der Waals surface area contributed by atoms with Gasteiger partial charge in [-0.05, 0) is 24.5 Å². The molecule has 0 saturated heterocycles. The second-order valence-corrected chi connectivity index (χ2v) is 4.61. The number of hydrogen-bond donors (Lipinski definition) is 2. The first-order valence-electron chi connectivity index (χ1n) is 6.20. The minimum atomic E-state index is 0.302. The van der Waals surface area contributed by atoms with E-state index < -0.39 is 0 Å². The van der Waals surface area contributed by atoms with Crippen molar-refractivity contribution >= 4 is 11.5 Å². The molecule has 3 N–H and O–H groups in total. The first-order valence-corrected chi connectivity index (χ1v) is 6.20. The molecule has 0 atom stereocenters. The van der Waals surface area contributed by atoms with E-state index in [1.165, 1.54) is 32.1 Å². The molecule has 1 fully saturated rings. The lowest BCUT2D eigenvalue weighted by Crippen LogP contribution is -2.08. The summed E-state index contributed by atoms with van der Waals surface area (Å²) in [6.45, 7) is 0.923. The predicted octanol–water partition coefficient (Wildman–Crippen LogP) is 2.53. The van der Waals surface area contributed by atoms with E-state index in [1.54, 1.807) is 6.07 Å². The van der Waals surface area contributed by atoms with Crippen LogP contribution in [-0.2, 0) is 0 Å². The maximum atomic E-state index is 8.82. The molecule has 0 aromatic carbocycles. The molecule has 4 nitrogen and oxygen atoms in total. The second kappa shape index (κ2) is 5.53. The number of aromatic nitrogens is 1. The number of nitrogen functional groups attached to an aromatic ring is 1. The van der Waals surface area contributed by atoms with Crippen LogP contribution in [0.2, 0.25) is 0 Å². The van der Waals surface area contributed by atoms with E-state index >= 15 is 0 Å². The van der Waals surface area contributed by atoms with Crippen molar-refractivity contribution in [1.29, 1.82) is 5.26 Å². The minimum Gasteiger partial charge on any atom is -0.396 e. The number of nitrogens with one attached hydrogen (secondary N) is 1. The van der Waals surface area contributed by atoms with Crippen LogP contribution in [0.5, 0.6) is 0 Å². The van der Waals surface area contributed by atoms with Gasteiger partial charge in [-0.2, -0.15) is 5.26 Å². The largest absolute Gasteiger partial charge is 0.396 e. The Morgan fingerprint density at radius 3 is 2.88 bits per heavy atom. The standard InChI is InChI=1S/C13H18N4/c14-9-12-11(15)5-6-13(17-12)16-8-7-10-3-1-2-4-10/h5-6,10H,1-4,7-8,15H2,(H,16,17). The van der Waals surface area contributed by atoms with Gasteiger partial charge >= 0.3 is 0 Å². The van der Waals surface area contributed by atoms with Crippen molar-refractivity contribution in [2.24, 2.45) is 5.92 Å². The summed E-state index contributed by atoms with van der Waals surface area (Å²) in [5, 5.41) is 12.1. The summed E-state index contributed by atoms with van der Waals surface area (Å²) in [6.07, 6.45) is 6.67. The Hall–Kier alpha value is -1.76. The van der Waals surface area contributed by atoms with Gasteiger partial charge in [0.05, 0.1) is 5.69 Å². The van der Waals surface area contributed by atoms with Crippen molar-refractivity contribution in [2.45, 2.75) is 32.1 Å². The van der Waals surface area contributed by atoms with Crippen LogP contribution in [0.1, 0.15) is 37.8 Å². The van der Waals surface area contributed by atoms with Crippen LogP contribution in [0.15, 0.2) is 12.1 Å². The van der Waals surface area contributed by atoms with Crippen molar-refractivity contribution < 1.29 is 0 Å². The van der Waals surface area contributed by atoms with Crippen molar-refractivity contribution in [2.75, 3.05) is 17.6 Å². The maximum absolute atomic E-state index is 8.82. The molecule has 1 aromatic rings. The third kappa shape index (κ3) is 3.10. The molecule has 2 rings (SSSR count). The zero-order valence-corrected chi connectivity index (χ0v) is 9.95. The third-order valence-electron chi connectivity index (χ3n) is 3.37. The first kappa shape index (κ1) is 11.7. The van der Waals surface area contributed by atoms with Crippen LogP contribution in [0.4, 0.5) is 11.5 Å². The average molecular weight is 230 g/mol. The van der Waals surface area contributed by atoms with Gasteiger partial charge < -0.3 is 11.1 Å². The Morgan fingerprint density at radius 2 is 2.18 bits per heavy atom. The molecular formula is C13H18N4. The van der Waals surface area contributed by atoms with Gasteiger partial charge in [0.2, 0.25) is 0 Å². The molecule has 0 amide bonds. The summed E-state index contributed by atoms with van der Waals surface area (Å²) in [6, 6.07) is 5.54. The first-order chi connectivity index (χ1) is 8.29. The highest BCUT2D eigenvalue weighted by Crippen LogP contribution is 2.27. The summed E-state index contributed by atoms with van der Waals surface area (Å²) >= 11 is 0. The molecule has 17 heavy (non-hydrogen) atoms. The number of anilines is 2. The fraction of sp³-hybridized carbons (Fsp3) is 0.538. The molecule has 0 bridgehead atoms. The average Bonchev–Trinajstić information content (AvgIpc) is 2.84. The second-order valence-electron chi connectivity index (χ2n) is 4.61. The fourth-order valence-corrected chi connectivity index (χ4v) is 2.36. The Kier molecular flexibility index (Phi) is 3.81. The maximum Gasteiger partial charge on any atom is 0.165 e. The quantitative estimate of drug-likeness (QED) is 0.833. The number of nitrogens with two attached hydrogens (primary N) is 1. The van der Waals surface area contributed by atoms with Crippen LogP contribution in [-0.4, -0.2) is 11.5 Å². The van der Waals surface area contributed by atoms with E-state index in [1.807, 2.05) is 12.1 Å². The van der Waals surface area contributed by atoms with E-state index in [4.69, 9.17) is 11.0 Å². The van der Waals surface area contributed by atoms with Gasteiger partial charge in [0.15, 0.2) is 5.69 Å². The number of pyridine rings is 1. The van der Waals surface area contributed by atoms with Crippen LogP contribution in [0.25, 0.3) is 0 Å². The van der Waals surface area contributed by atoms with E-state index in [0.29, 0.717) is 11.4 Å². The SMILES string of the molecule is N#Cc1nc(NCCC2CCCC2)ccc1N. The van der Waals surface area contributed by atoms with Crippen molar-refractivity contribution in [3.05, 3.63) is 17.8 Å². The smallest absolute Gasteiger partial charge is 0.165 e. The highest BCUT2D eigenvalue weighted by atomic mass is 15.0. The molecule has 1 aliphatic carbocycles. The van der Waals surface area contributed by atoms with E-state index in [2.05, 4.69) is 10.3 Å². The zero-order chi connectivity index (χ0) is 12.1. The van der Waals surface area contributed by atoms with Gasteiger partial charge in [-0.25, -0.2) is 4.98 Å². The number of hydrogen-bond acceptors (Lipinski definition) is 4. The molecule has 0 unspecified atom stereocenters. The lowest BCUT2D eigenvalue weighted by atomic mass is 10.0. The summed E-state index contributed by atoms with van der Waals surface area (Å²) in [5.41, 5.74) is 6.36. The van der Waals surface area contributed by atoms with Gasteiger partial charge in [-0.15, -0.1) is 0 Å². The summed E-state index contributed by atoms with van der Waals surface area (Å²) in [4.78, 5) is 4.16.